The molecule has 0 bridgehead atoms. The fourth-order valence-electron chi connectivity index (χ4n) is 2.21. The van der Waals surface area contributed by atoms with Gasteiger partial charge in [0.2, 0.25) is 11.8 Å². The normalized spacial score (nSPS) is 14.3. The number of thiol groups is 1. The van der Waals surface area contributed by atoms with Gasteiger partial charge in [-0.05, 0) is 23.6 Å². The smallest absolute Gasteiger partial charge is 0.326 e. The van der Waals surface area contributed by atoms with Gasteiger partial charge in [0, 0.05) is 12.2 Å². The molecule has 0 heterocycles. The Bertz CT molecular complexity index is 636. The van der Waals surface area contributed by atoms with Gasteiger partial charge in [-0.15, -0.1) is 0 Å². The number of aromatic hydroxyl groups is 1. The SMILES string of the molecule is CC(C)C(NC(=O)C(N)CS)C(=O)NC(Cc1ccc(O)cc1)C(=O)O. The summed E-state index contributed by atoms with van der Waals surface area (Å²) in [6.07, 6.45) is 0.0380. The van der Waals surface area contributed by atoms with Gasteiger partial charge < -0.3 is 26.6 Å². The number of hydrogen-bond donors (Lipinski definition) is 6. The summed E-state index contributed by atoms with van der Waals surface area (Å²) in [6.45, 7) is 3.46. The molecular formula is C17H25N3O5S. The van der Waals surface area contributed by atoms with Crippen LogP contribution in [0.4, 0.5) is 0 Å². The van der Waals surface area contributed by atoms with Gasteiger partial charge in [-0.3, -0.25) is 9.59 Å². The quantitative estimate of drug-likeness (QED) is 0.329. The Balaban J connectivity index is 2.83. The second-order valence-corrected chi connectivity index (χ2v) is 6.65. The van der Waals surface area contributed by atoms with Crippen molar-refractivity contribution >= 4 is 30.4 Å². The molecule has 1 rings (SSSR count). The maximum atomic E-state index is 12.5. The van der Waals surface area contributed by atoms with Gasteiger partial charge >= 0.3 is 5.97 Å². The average Bonchev–Trinajstić information content (AvgIpc) is 2.59. The Morgan fingerprint density at radius 3 is 2.15 bits per heavy atom. The number of phenols is 1. The van der Waals surface area contributed by atoms with Crippen LogP contribution in [-0.2, 0) is 20.8 Å². The first-order valence-corrected chi connectivity index (χ1v) is 8.76. The fourth-order valence-corrected chi connectivity index (χ4v) is 2.37. The van der Waals surface area contributed by atoms with Gasteiger partial charge in [0.15, 0.2) is 0 Å². The van der Waals surface area contributed by atoms with Crippen molar-refractivity contribution < 1.29 is 24.6 Å². The van der Waals surface area contributed by atoms with Crippen LogP contribution in [0.5, 0.6) is 5.75 Å². The Kier molecular flexibility index (Phi) is 8.40. The number of nitrogens with two attached hydrogens (primary N) is 1. The monoisotopic (exact) mass is 383 g/mol. The minimum atomic E-state index is -1.20. The van der Waals surface area contributed by atoms with Crippen LogP contribution in [0.3, 0.4) is 0 Å². The number of aliphatic carboxylic acids is 1. The molecule has 6 N–H and O–H groups in total. The van der Waals surface area contributed by atoms with E-state index in [2.05, 4.69) is 23.3 Å². The molecule has 26 heavy (non-hydrogen) atoms. The zero-order valence-corrected chi connectivity index (χ0v) is 15.6. The van der Waals surface area contributed by atoms with Crippen LogP contribution in [0.25, 0.3) is 0 Å². The first-order valence-electron chi connectivity index (χ1n) is 8.13. The molecule has 0 saturated heterocycles. The van der Waals surface area contributed by atoms with Crippen LogP contribution < -0.4 is 16.4 Å². The maximum absolute atomic E-state index is 12.5. The summed E-state index contributed by atoms with van der Waals surface area (Å²) in [7, 11) is 0. The van der Waals surface area contributed by atoms with Crippen molar-refractivity contribution in [2.75, 3.05) is 5.75 Å². The fraction of sp³-hybridized carbons (Fsp3) is 0.471. The molecule has 9 heteroatoms. The lowest BCUT2D eigenvalue weighted by molar-refractivity contribution is -0.142. The zero-order valence-electron chi connectivity index (χ0n) is 14.7. The predicted octanol–water partition coefficient (Wildman–Crippen LogP) is -0.0980. The summed E-state index contributed by atoms with van der Waals surface area (Å²) in [6, 6.07) is 3.06. The van der Waals surface area contributed by atoms with Crippen molar-refractivity contribution in [1.82, 2.24) is 10.6 Å². The van der Waals surface area contributed by atoms with Crippen LogP contribution in [0.15, 0.2) is 24.3 Å². The number of rotatable bonds is 9. The van der Waals surface area contributed by atoms with Crippen LogP contribution in [0.2, 0.25) is 0 Å². The molecule has 0 saturated carbocycles. The van der Waals surface area contributed by atoms with Crippen molar-refractivity contribution in [3.8, 4) is 5.75 Å². The molecule has 0 aliphatic heterocycles. The molecule has 8 nitrogen and oxygen atoms in total. The minimum Gasteiger partial charge on any atom is -0.508 e. The lowest BCUT2D eigenvalue weighted by Crippen LogP contribution is -2.56. The van der Waals surface area contributed by atoms with E-state index in [1.807, 2.05) is 0 Å². The van der Waals surface area contributed by atoms with E-state index in [1.165, 1.54) is 12.1 Å². The Morgan fingerprint density at radius 2 is 1.69 bits per heavy atom. The number of hydrogen-bond acceptors (Lipinski definition) is 6. The highest BCUT2D eigenvalue weighted by Crippen LogP contribution is 2.12. The molecule has 0 aliphatic rings. The van der Waals surface area contributed by atoms with Crippen LogP contribution in [-0.4, -0.2) is 51.9 Å². The third-order valence-electron chi connectivity index (χ3n) is 3.77. The Hall–Kier alpha value is -2.26. The molecule has 0 aromatic heterocycles. The highest BCUT2D eigenvalue weighted by Gasteiger charge is 2.29. The van der Waals surface area contributed by atoms with E-state index in [0.29, 0.717) is 5.56 Å². The molecular weight excluding hydrogens is 358 g/mol. The van der Waals surface area contributed by atoms with Gasteiger partial charge in [-0.1, -0.05) is 26.0 Å². The van der Waals surface area contributed by atoms with E-state index in [0.717, 1.165) is 0 Å². The number of carboxylic acid groups (broad SMARTS) is 1. The van der Waals surface area contributed by atoms with Gasteiger partial charge in [-0.2, -0.15) is 12.6 Å². The van der Waals surface area contributed by atoms with Crippen LogP contribution in [0, 0.1) is 5.92 Å². The lowest BCUT2D eigenvalue weighted by Gasteiger charge is -2.25. The van der Waals surface area contributed by atoms with E-state index in [-0.39, 0.29) is 23.8 Å². The largest absolute Gasteiger partial charge is 0.508 e. The molecule has 0 spiro atoms. The van der Waals surface area contributed by atoms with E-state index < -0.39 is 35.9 Å². The second-order valence-electron chi connectivity index (χ2n) is 6.29. The Morgan fingerprint density at radius 1 is 1.12 bits per heavy atom. The summed E-state index contributed by atoms with van der Waals surface area (Å²) in [4.78, 5) is 35.9. The van der Waals surface area contributed by atoms with Crippen molar-refractivity contribution in [2.24, 2.45) is 11.7 Å². The van der Waals surface area contributed by atoms with Crippen LogP contribution in [0.1, 0.15) is 19.4 Å². The van der Waals surface area contributed by atoms with Gasteiger partial charge in [0.05, 0.1) is 6.04 Å². The highest BCUT2D eigenvalue weighted by molar-refractivity contribution is 7.80. The molecule has 0 radical (unpaired) electrons. The number of carbonyl (C=O) groups excluding carboxylic acids is 2. The standard InChI is InChI=1S/C17H25N3O5S/c1-9(2)14(20-15(22)12(18)8-26)16(23)19-13(17(24)25)7-10-3-5-11(21)6-4-10/h3-6,9,12-14,21,26H,7-8,18H2,1-2H3,(H,19,23)(H,20,22)(H,24,25). The average molecular weight is 383 g/mol. The van der Waals surface area contributed by atoms with Gasteiger partial charge in [-0.25, -0.2) is 4.79 Å². The predicted molar refractivity (Wildman–Crippen MR) is 100.0 cm³/mol. The van der Waals surface area contributed by atoms with Crippen molar-refractivity contribution in [2.45, 2.75) is 38.4 Å². The third-order valence-corrected chi connectivity index (χ3v) is 4.16. The summed E-state index contributed by atoms with van der Waals surface area (Å²) in [5, 5.41) is 23.7. The summed E-state index contributed by atoms with van der Waals surface area (Å²) < 4.78 is 0. The maximum Gasteiger partial charge on any atom is 0.326 e. The summed E-state index contributed by atoms with van der Waals surface area (Å²) >= 11 is 3.94. The molecule has 1 aromatic carbocycles. The molecule has 0 aliphatic carbocycles. The van der Waals surface area contributed by atoms with Crippen LogP contribution >= 0.6 is 12.6 Å². The minimum absolute atomic E-state index is 0.0380. The number of carbonyl (C=O) groups is 3. The highest BCUT2D eigenvalue weighted by atomic mass is 32.1. The first-order chi connectivity index (χ1) is 12.1. The third kappa shape index (κ3) is 6.57. The number of benzene rings is 1. The first kappa shape index (κ1) is 21.8. The van der Waals surface area contributed by atoms with E-state index in [1.54, 1.807) is 26.0 Å². The Labute approximate surface area is 157 Å². The van der Waals surface area contributed by atoms with Gasteiger partial charge in [0.25, 0.3) is 0 Å². The molecule has 2 amide bonds. The van der Waals surface area contributed by atoms with E-state index in [9.17, 15) is 24.6 Å². The second kappa shape index (κ2) is 10.0. The summed E-state index contributed by atoms with van der Waals surface area (Å²) in [5.41, 5.74) is 6.23. The van der Waals surface area contributed by atoms with Crippen molar-refractivity contribution in [3.63, 3.8) is 0 Å². The van der Waals surface area contributed by atoms with E-state index in [4.69, 9.17) is 5.73 Å². The van der Waals surface area contributed by atoms with Gasteiger partial charge in [0.1, 0.15) is 17.8 Å². The van der Waals surface area contributed by atoms with Crippen molar-refractivity contribution in [1.29, 1.82) is 0 Å². The lowest BCUT2D eigenvalue weighted by atomic mass is 10.0. The summed E-state index contributed by atoms with van der Waals surface area (Å²) in [5.74, 6) is -2.42. The molecule has 144 valence electrons. The number of nitrogens with one attached hydrogen (secondary N) is 2. The molecule has 3 unspecified atom stereocenters. The number of carboxylic acids is 1. The molecule has 0 fully saturated rings. The zero-order chi connectivity index (χ0) is 19.9. The van der Waals surface area contributed by atoms with E-state index >= 15 is 0 Å². The number of phenolic OH excluding ortho intramolecular Hbond substituents is 1. The van der Waals surface area contributed by atoms with Crippen molar-refractivity contribution in [3.05, 3.63) is 29.8 Å². The molecule has 1 aromatic rings. The topological polar surface area (TPSA) is 142 Å². The number of amides is 2. The molecule has 3 atom stereocenters.